The Morgan fingerprint density at radius 2 is 1.71 bits per heavy atom. The Hall–Kier alpha value is -1.12. The van der Waals surface area contributed by atoms with E-state index in [1.54, 1.807) is 11.3 Å². The third-order valence-corrected chi connectivity index (χ3v) is 3.84. The van der Waals surface area contributed by atoms with Gasteiger partial charge >= 0.3 is 0 Å². The highest BCUT2D eigenvalue weighted by Gasteiger charge is 2.12. The van der Waals surface area contributed by atoms with Gasteiger partial charge in [-0.2, -0.15) is 11.3 Å². The van der Waals surface area contributed by atoms with Gasteiger partial charge < -0.3 is 5.11 Å². The van der Waals surface area contributed by atoms with Crippen LogP contribution in [-0.4, -0.2) is 5.11 Å². The first kappa shape index (κ1) is 12.3. The molecule has 0 fully saturated rings. The summed E-state index contributed by atoms with van der Waals surface area (Å²) in [5.74, 6) is 0. The van der Waals surface area contributed by atoms with E-state index in [0.717, 1.165) is 5.56 Å². The van der Waals surface area contributed by atoms with Crippen molar-refractivity contribution in [2.24, 2.45) is 0 Å². The van der Waals surface area contributed by atoms with Crippen LogP contribution in [0.3, 0.4) is 0 Å². The van der Waals surface area contributed by atoms with Crippen molar-refractivity contribution in [3.63, 3.8) is 0 Å². The van der Waals surface area contributed by atoms with Crippen LogP contribution >= 0.6 is 11.3 Å². The maximum absolute atomic E-state index is 10.2. The standard InChI is InChI=1S/C15H18OS/c1-10-4-11(2)6-13(5-10)7-15(16)14-9-17-8-12(14)3/h4-6,8-9,15-16H,7H2,1-3H3. The zero-order valence-corrected chi connectivity index (χ0v) is 11.3. The van der Waals surface area contributed by atoms with Gasteiger partial charge in [0.25, 0.3) is 0 Å². The van der Waals surface area contributed by atoms with E-state index in [-0.39, 0.29) is 6.10 Å². The molecule has 1 aromatic carbocycles. The van der Waals surface area contributed by atoms with Crippen molar-refractivity contribution in [1.82, 2.24) is 0 Å². The first-order valence-corrected chi connectivity index (χ1v) is 6.78. The number of aryl methyl sites for hydroxylation is 3. The van der Waals surface area contributed by atoms with Gasteiger partial charge in [-0.1, -0.05) is 29.3 Å². The Balaban J connectivity index is 2.18. The van der Waals surface area contributed by atoms with Crippen LogP contribution in [0.25, 0.3) is 0 Å². The molecule has 2 heteroatoms. The SMILES string of the molecule is Cc1cc(C)cc(CC(O)c2cscc2C)c1. The minimum Gasteiger partial charge on any atom is -0.388 e. The topological polar surface area (TPSA) is 20.2 Å². The Kier molecular flexibility index (Phi) is 3.65. The van der Waals surface area contributed by atoms with Crippen molar-refractivity contribution in [1.29, 1.82) is 0 Å². The predicted molar refractivity (Wildman–Crippen MR) is 73.6 cm³/mol. The number of hydrogen-bond donors (Lipinski definition) is 1. The van der Waals surface area contributed by atoms with Crippen LogP contribution in [0.2, 0.25) is 0 Å². The van der Waals surface area contributed by atoms with Crippen LogP contribution in [0.15, 0.2) is 29.0 Å². The van der Waals surface area contributed by atoms with E-state index in [1.807, 2.05) is 5.38 Å². The van der Waals surface area contributed by atoms with Gasteiger partial charge in [0.05, 0.1) is 6.10 Å². The summed E-state index contributed by atoms with van der Waals surface area (Å²) in [6, 6.07) is 6.46. The lowest BCUT2D eigenvalue weighted by Gasteiger charge is -2.12. The van der Waals surface area contributed by atoms with E-state index in [1.165, 1.54) is 22.3 Å². The quantitative estimate of drug-likeness (QED) is 0.869. The van der Waals surface area contributed by atoms with Crippen LogP contribution in [0.1, 0.15) is 33.9 Å². The van der Waals surface area contributed by atoms with Crippen LogP contribution in [-0.2, 0) is 6.42 Å². The lowest BCUT2D eigenvalue weighted by atomic mass is 9.98. The minimum atomic E-state index is -0.387. The molecule has 1 N–H and O–H groups in total. The molecule has 0 saturated heterocycles. The van der Waals surface area contributed by atoms with Gasteiger partial charge in [0.1, 0.15) is 0 Å². The number of aliphatic hydroxyl groups is 1. The van der Waals surface area contributed by atoms with Crippen molar-refractivity contribution in [3.05, 3.63) is 56.8 Å². The van der Waals surface area contributed by atoms with Crippen molar-refractivity contribution >= 4 is 11.3 Å². The van der Waals surface area contributed by atoms with E-state index in [9.17, 15) is 5.11 Å². The Labute approximate surface area is 107 Å². The van der Waals surface area contributed by atoms with Gasteiger partial charge in [0, 0.05) is 6.42 Å². The molecular weight excluding hydrogens is 228 g/mol. The van der Waals surface area contributed by atoms with E-state index < -0.39 is 0 Å². The number of rotatable bonds is 3. The van der Waals surface area contributed by atoms with Crippen LogP contribution < -0.4 is 0 Å². The molecule has 2 rings (SSSR count). The fourth-order valence-electron chi connectivity index (χ4n) is 2.23. The average Bonchev–Trinajstić information content (AvgIpc) is 2.62. The van der Waals surface area contributed by atoms with Gasteiger partial charge in [-0.3, -0.25) is 0 Å². The highest BCUT2D eigenvalue weighted by molar-refractivity contribution is 7.08. The average molecular weight is 246 g/mol. The number of thiophene rings is 1. The normalized spacial score (nSPS) is 12.7. The van der Waals surface area contributed by atoms with E-state index in [4.69, 9.17) is 0 Å². The Bertz CT molecular complexity index is 493. The van der Waals surface area contributed by atoms with E-state index in [0.29, 0.717) is 6.42 Å². The zero-order valence-electron chi connectivity index (χ0n) is 10.5. The molecule has 0 amide bonds. The predicted octanol–water partition coefficient (Wildman–Crippen LogP) is 3.95. The highest BCUT2D eigenvalue weighted by atomic mass is 32.1. The number of benzene rings is 1. The Morgan fingerprint density at radius 1 is 1.06 bits per heavy atom. The molecule has 1 nitrogen and oxygen atoms in total. The first-order chi connectivity index (χ1) is 8.06. The summed E-state index contributed by atoms with van der Waals surface area (Å²) < 4.78 is 0. The van der Waals surface area contributed by atoms with Gasteiger partial charge in [0.2, 0.25) is 0 Å². The highest BCUT2D eigenvalue weighted by Crippen LogP contribution is 2.25. The molecule has 1 atom stereocenters. The molecule has 1 unspecified atom stereocenters. The number of hydrogen-bond acceptors (Lipinski definition) is 2. The molecule has 0 aliphatic rings. The summed E-state index contributed by atoms with van der Waals surface area (Å²) in [6.45, 7) is 6.24. The summed E-state index contributed by atoms with van der Waals surface area (Å²) >= 11 is 1.65. The van der Waals surface area contributed by atoms with Crippen molar-refractivity contribution in [3.8, 4) is 0 Å². The lowest BCUT2D eigenvalue weighted by Crippen LogP contribution is -2.02. The second kappa shape index (κ2) is 5.03. The second-order valence-corrected chi connectivity index (χ2v) is 5.47. The smallest absolute Gasteiger partial charge is 0.0840 e. The molecule has 0 aliphatic carbocycles. The van der Waals surface area contributed by atoms with Crippen molar-refractivity contribution < 1.29 is 5.11 Å². The van der Waals surface area contributed by atoms with Crippen molar-refractivity contribution in [2.45, 2.75) is 33.3 Å². The van der Waals surface area contributed by atoms with E-state index in [2.05, 4.69) is 44.4 Å². The van der Waals surface area contributed by atoms with Gasteiger partial charge in [-0.05, 0) is 48.2 Å². The molecule has 2 aromatic rings. The third-order valence-electron chi connectivity index (χ3n) is 2.96. The summed E-state index contributed by atoms with van der Waals surface area (Å²) in [6.07, 6.45) is 0.308. The van der Waals surface area contributed by atoms with Crippen LogP contribution in [0.5, 0.6) is 0 Å². The maximum atomic E-state index is 10.2. The number of aliphatic hydroxyl groups excluding tert-OH is 1. The molecule has 0 spiro atoms. The summed E-state index contributed by atoms with van der Waals surface area (Å²) in [5, 5.41) is 14.4. The summed E-state index contributed by atoms with van der Waals surface area (Å²) in [7, 11) is 0. The molecule has 0 aliphatic heterocycles. The summed E-state index contributed by atoms with van der Waals surface area (Å²) in [5.41, 5.74) is 5.98. The fourth-order valence-corrected chi connectivity index (χ4v) is 3.13. The van der Waals surface area contributed by atoms with E-state index >= 15 is 0 Å². The fraction of sp³-hybridized carbons (Fsp3) is 0.333. The molecule has 0 bridgehead atoms. The molecular formula is C15H18OS. The van der Waals surface area contributed by atoms with Gasteiger partial charge in [-0.25, -0.2) is 0 Å². The Morgan fingerprint density at radius 3 is 2.24 bits per heavy atom. The first-order valence-electron chi connectivity index (χ1n) is 5.84. The lowest BCUT2D eigenvalue weighted by molar-refractivity contribution is 0.178. The second-order valence-electron chi connectivity index (χ2n) is 4.73. The van der Waals surface area contributed by atoms with Crippen LogP contribution in [0.4, 0.5) is 0 Å². The minimum absolute atomic E-state index is 0.387. The largest absolute Gasteiger partial charge is 0.388 e. The maximum Gasteiger partial charge on any atom is 0.0840 e. The molecule has 0 radical (unpaired) electrons. The molecule has 17 heavy (non-hydrogen) atoms. The third kappa shape index (κ3) is 2.96. The molecule has 1 aromatic heterocycles. The monoisotopic (exact) mass is 246 g/mol. The van der Waals surface area contributed by atoms with Gasteiger partial charge in [0.15, 0.2) is 0 Å². The molecule has 90 valence electrons. The summed E-state index contributed by atoms with van der Waals surface area (Å²) in [4.78, 5) is 0. The molecule has 1 heterocycles. The van der Waals surface area contributed by atoms with Gasteiger partial charge in [-0.15, -0.1) is 0 Å². The molecule has 0 saturated carbocycles. The van der Waals surface area contributed by atoms with Crippen LogP contribution in [0, 0.1) is 20.8 Å². The van der Waals surface area contributed by atoms with Crippen molar-refractivity contribution in [2.75, 3.05) is 0 Å². The zero-order chi connectivity index (χ0) is 12.4.